The molecule has 2 N–H and O–H groups in total. The molecule has 0 aromatic carbocycles. The lowest BCUT2D eigenvalue weighted by Crippen LogP contribution is -2.38. The molecule has 1 saturated carbocycles. The summed E-state index contributed by atoms with van der Waals surface area (Å²) in [4.78, 5) is 14.9. The largest absolute Gasteiger partial charge is 0.391 e. The molecule has 0 spiro atoms. The first kappa shape index (κ1) is 17.2. The van der Waals surface area contributed by atoms with Gasteiger partial charge in [-0.15, -0.1) is 0 Å². The molecule has 140 valence electrons. The molecule has 4 rings (SSSR count). The normalized spacial score (nSPS) is 24.2. The summed E-state index contributed by atoms with van der Waals surface area (Å²) in [5.41, 5.74) is -0.0358. The highest BCUT2D eigenvalue weighted by Gasteiger charge is 2.46. The Morgan fingerprint density at radius 2 is 2.04 bits per heavy atom. The minimum absolute atomic E-state index is 0.0358. The van der Waals surface area contributed by atoms with Crippen molar-refractivity contribution < 1.29 is 5.11 Å². The smallest absolute Gasteiger partial charge is 0.134 e. The second-order valence-electron chi connectivity index (χ2n) is 7.62. The van der Waals surface area contributed by atoms with Crippen molar-refractivity contribution in [2.75, 3.05) is 43.9 Å². The number of nitrogens with zero attached hydrogens (tertiary/aromatic N) is 7. The van der Waals surface area contributed by atoms with Crippen molar-refractivity contribution in [1.29, 1.82) is 0 Å². The molecule has 9 nitrogen and oxygen atoms in total. The number of aromatic nitrogens is 5. The van der Waals surface area contributed by atoms with E-state index in [2.05, 4.69) is 35.3 Å². The fourth-order valence-corrected chi connectivity index (χ4v) is 3.68. The first-order valence-corrected chi connectivity index (χ1v) is 9.08. The van der Waals surface area contributed by atoms with Crippen LogP contribution in [0, 0.1) is 0 Å². The van der Waals surface area contributed by atoms with Gasteiger partial charge in [0.15, 0.2) is 0 Å². The fourth-order valence-electron chi connectivity index (χ4n) is 3.68. The molecule has 0 bridgehead atoms. The third-order valence-electron chi connectivity index (χ3n) is 5.18. The molecular formula is C17H26N8O. The maximum atomic E-state index is 10.1. The maximum absolute atomic E-state index is 10.1. The molecule has 0 radical (unpaired) electrons. The van der Waals surface area contributed by atoms with Crippen LogP contribution in [0.25, 0.3) is 0 Å². The van der Waals surface area contributed by atoms with E-state index >= 15 is 0 Å². The number of aliphatic hydroxyl groups is 1. The summed E-state index contributed by atoms with van der Waals surface area (Å²) in [7, 11) is 4.10. The number of likely N-dealkylation sites (N-methyl/N-ethyl adjacent to an activating group) is 1. The highest BCUT2D eigenvalue weighted by molar-refractivity contribution is 5.50. The number of hydrogen-bond donors (Lipinski definition) is 2. The molecule has 2 aromatic heterocycles. The number of β-amino-alcohol motifs (C(OH)–C–C–N with tert-alkyl or cyclic N) is 1. The number of rotatable bonds is 7. The molecule has 0 amide bonds. The van der Waals surface area contributed by atoms with Crippen LogP contribution in [0.2, 0.25) is 0 Å². The molecule has 9 heteroatoms. The second-order valence-corrected chi connectivity index (χ2v) is 7.62. The van der Waals surface area contributed by atoms with E-state index in [9.17, 15) is 5.11 Å². The molecular weight excluding hydrogens is 332 g/mol. The van der Waals surface area contributed by atoms with Crippen molar-refractivity contribution in [3.05, 3.63) is 24.8 Å². The van der Waals surface area contributed by atoms with Gasteiger partial charge in [0.2, 0.25) is 0 Å². The van der Waals surface area contributed by atoms with Gasteiger partial charge in [-0.3, -0.25) is 0 Å². The summed E-state index contributed by atoms with van der Waals surface area (Å²) >= 11 is 0. The van der Waals surface area contributed by atoms with Crippen molar-refractivity contribution in [3.63, 3.8) is 0 Å². The number of aliphatic hydroxyl groups excluding tert-OH is 1. The molecule has 1 saturated heterocycles. The Hall–Kier alpha value is -2.26. The van der Waals surface area contributed by atoms with Crippen molar-refractivity contribution in [2.24, 2.45) is 0 Å². The number of anilines is 2. The fraction of sp³-hybridized carbons (Fsp3) is 0.647. The van der Waals surface area contributed by atoms with Crippen LogP contribution < -0.4 is 10.2 Å². The SMILES string of the molecule is CN(C)C[C@H]1C[C@@H](O)CN1c1cc(NCC2(n3nccn3)CC2)ncn1. The second kappa shape index (κ2) is 6.81. The lowest BCUT2D eigenvalue weighted by Gasteiger charge is -2.27. The standard InChI is InChI=1S/C17H26N8O/c1-23(2)9-13-7-14(26)10-24(13)16-8-15(19-12-20-16)18-11-17(3-4-17)25-21-5-6-22-25/h5-6,8,12-14,26H,3-4,7,9-11H2,1-2H3,(H,18,19,20)/t13-,14-/m1/s1. The van der Waals surface area contributed by atoms with E-state index in [1.807, 2.05) is 20.2 Å². The van der Waals surface area contributed by atoms with Crippen LogP contribution in [0.4, 0.5) is 11.6 Å². The molecule has 2 aromatic rings. The van der Waals surface area contributed by atoms with Gasteiger partial charge in [-0.25, -0.2) is 9.97 Å². The van der Waals surface area contributed by atoms with Gasteiger partial charge in [0.25, 0.3) is 0 Å². The van der Waals surface area contributed by atoms with Crippen molar-refractivity contribution in [3.8, 4) is 0 Å². The van der Waals surface area contributed by atoms with Gasteiger partial charge in [0.1, 0.15) is 18.0 Å². The first-order valence-electron chi connectivity index (χ1n) is 9.08. The van der Waals surface area contributed by atoms with Crippen molar-refractivity contribution in [2.45, 2.75) is 36.9 Å². The molecule has 2 aliphatic rings. The Morgan fingerprint density at radius 3 is 2.73 bits per heavy atom. The summed E-state index contributed by atoms with van der Waals surface area (Å²) in [6, 6.07) is 2.22. The Balaban J connectivity index is 1.45. The average Bonchev–Trinajstić information content (AvgIpc) is 3.02. The zero-order chi connectivity index (χ0) is 18.1. The van der Waals surface area contributed by atoms with Gasteiger partial charge in [-0.1, -0.05) is 0 Å². The van der Waals surface area contributed by atoms with E-state index in [4.69, 9.17) is 0 Å². The van der Waals surface area contributed by atoms with Gasteiger partial charge >= 0.3 is 0 Å². The predicted octanol–water partition coefficient (Wildman–Crippen LogP) is 0.171. The van der Waals surface area contributed by atoms with Crippen molar-refractivity contribution in [1.82, 2.24) is 29.9 Å². The van der Waals surface area contributed by atoms with Gasteiger partial charge < -0.3 is 20.2 Å². The Kier molecular flexibility index (Phi) is 4.49. The van der Waals surface area contributed by atoms with Crippen molar-refractivity contribution >= 4 is 11.6 Å². The summed E-state index contributed by atoms with van der Waals surface area (Å²) < 4.78 is 0. The minimum atomic E-state index is -0.313. The number of hydrogen-bond acceptors (Lipinski definition) is 8. The van der Waals surface area contributed by atoms with Crippen LogP contribution in [0.15, 0.2) is 24.8 Å². The Morgan fingerprint density at radius 1 is 1.27 bits per heavy atom. The lowest BCUT2D eigenvalue weighted by molar-refractivity contribution is 0.191. The Labute approximate surface area is 153 Å². The van der Waals surface area contributed by atoms with Gasteiger partial charge in [0.05, 0.1) is 24.0 Å². The van der Waals surface area contributed by atoms with E-state index < -0.39 is 0 Å². The maximum Gasteiger partial charge on any atom is 0.134 e. The van der Waals surface area contributed by atoms with E-state index in [0.717, 1.165) is 44.0 Å². The average molecular weight is 358 g/mol. The molecule has 3 heterocycles. The molecule has 1 aliphatic carbocycles. The number of nitrogens with one attached hydrogen (secondary N) is 1. The van der Waals surface area contributed by atoms with Gasteiger partial charge in [-0.05, 0) is 33.4 Å². The monoisotopic (exact) mass is 358 g/mol. The topological polar surface area (TPSA) is 95.2 Å². The van der Waals surface area contributed by atoms with Crippen LogP contribution in [0.1, 0.15) is 19.3 Å². The first-order chi connectivity index (χ1) is 12.6. The van der Waals surface area contributed by atoms with Crippen LogP contribution in [-0.2, 0) is 5.54 Å². The third-order valence-corrected chi connectivity index (χ3v) is 5.18. The minimum Gasteiger partial charge on any atom is -0.391 e. The summed E-state index contributed by atoms with van der Waals surface area (Å²) in [6.07, 6.45) is 7.59. The summed E-state index contributed by atoms with van der Waals surface area (Å²) in [5, 5.41) is 22.1. The molecule has 26 heavy (non-hydrogen) atoms. The molecule has 0 unspecified atom stereocenters. The lowest BCUT2D eigenvalue weighted by atomic mass is 10.2. The van der Waals surface area contributed by atoms with Crippen LogP contribution in [0.3, 0.4) is 0 Å². The molecule has 2 fully saturated rings. The molecule has 2 atom stereocenters. The van der Waals surface area contributed by atoms with E-state index in [1.165, 1.54) is 0 Å². The van der Waals surface area contributed by atoms with E-state index in [1.54, 1.807) is 23.5 Å². The van der Waals surface area contributed by atoms with Crippen LogP contribution in [0.5, 0.6) is 0 Å². The third kappa shape index (κ3) is 3.49. The Bertz CT molecular complexity index is 730. The van der Waals surface area contributed by atoms with Crippen LogP contribution in [-0.4, -0.2) is 80.8 Å². The predicted molar refractivity (Wildman–Crippen MR) is 98.1 cm³/mol. The van der Waals surface area contributed by atoms with E-state index in [-0.39, 0.29) is 17.7 Å². The van der Waals surface area contributed by atoms with Gasteiger partial charge in [0, 0.05) is 31.7 Å². The van der Waals surface area contributed by atoms with E-state index in [0.29, 0.717) is 6.54 Å². The summed E-state index contributed by atoms with van der Waals surface area (Å²) in [5.74, 6) is 1.64. The zero-order valence-electron chi connectivity index (χ0n) is 15.3. The quantitative estimate of drug-likeness (QED) is 0.723. The highest BCUT2D eigenvalue weighted by Crippen LogP contribution is 2.42. The zero-order valence-corrected chi connectivity index (χ0v) is 15.3. The highest BCUT2D eigenvalue weighted by atomic mass is 16.3. The summed E-state index contributed by atoms with van der Waals surface area (Å²) in [6.45, 7) is 2.23. The van der Waals surface area contributed by atoms with Gasteiger partial charge in [-0.2, -0.15) is 15.0 Å². The molecule has 1 aliphatic heterocycles. The van der Waals surface area contributed by atoms with Crippen LogP contribution >= 0.6 is 0 Å².